The predicted molar refractivity (Wildman–Crippen MR) is 70.5 cm³/mol. The fourth-order valence-electron chi connectivity index (χ4n) is 1.50. The maximum absolute atomic E-state index is 10.9. The quantitative estimate of drug-likeness (QED) is 0.466. The normalized spacial score (nSPS) is 10.1. The van der Waals surface area contributed by atoms with E-state index in [4.69, 9.17) is 14.6 Å². The Bertz CT molecular complexity index is 484. The third-order valence-corrected chi connectivity index (χ3v) is 2.52. The van der Waals surface area contributed by atoms with Crippen LogP contribution in [0.1, 0.15) is 18.9 Å². The van der Waals surface area contributed by atoms with Gasteiger partial charge in [-0.05, 0) is 13.0 Å². The van der Waals surface area contributed by atoms with Crippen molar-refractivity contribution in [2.24, 2.45) is 0 Å². The standard InChI is InChI=1S/C13H17NO5/c1-9(2)4-5-19-13-7-11(14(16)17)10(8-15)6-12(13)18-3/h6-7,15H,1,4-5,8H2,2-3H3. The highest BCUT2D eigenvalue weighted by Crippen LogP contribution is 2.34. The highest BCUT2D eigenvalue weighted by Gasteiger charge is 2.19. The number of benzene rings is 1. The summed E-state index contributed by atoms with van der Waals surface area (Å²) in [4.78, 5) is 10.3. The molecule has 1 aromatic rings. The van der Waals surface area contributed by atoms with Gasteiger partial charge in [0.05, 0.1) is 36.9 Å². The van der Waals surface area contributed by atoms with Gasteiger partial charge >= 0.3 is 0 Å². The zero-order valence-electron chi connectivity index (χ0n) is 11.0. The largest absolute Gasteiger partial charge is 0.493 e. The molecule has 0 aromatic heterocycles. The first-order valence-electron chi connectivity index (χ1n) is 5.73. The van der Waals surface area contributed by atoms with E-state index in [1.54, 1.807) is 0 Å². The van der Waals surface area contributed by atoms with E-state index < -0.39 is 11.5 Å². The Balaban J connectivity index is 3.04. The molecule has 0 heterocycles. The van der Waals surface area contributed by atoms with Crippen molar-refractivity contribution in [2.75, 3.05) is 13.7 Å². The van der Waals surface area contributed by atoms with Gasteiger partial charge in [-0.1, -0.05) is 5.57 Å². The van der Waals surface area contributed by atoms with Crippen LogP contribution in [0.4, 0.5) is 5.69 Å². The van der Waals surface area contributed by atoms with E-state index in [0.717, 1.165) is 5.57 Å². The van der Waals surface area contributed by atoms with Crippen LogP contribution in [0.3, 0.4) is 0 Å². The number of nitro groups is 1. The molecule has 0 fully saturated rings. The second-order valence-electron chi connectivity index (χ2n) is 4.10. The van der Waals surface area contributed by atoms with Crippen molar-refractivity contribution >= 4 is 5.69 Å². The molecule has 0 saturated carbocycles. The van der Waals surface area contributed by atoms with Gasteiger partial charge in [0.25, 0.3) is 5.69 Å². The van der Waals surface area contributed by atoms with Gasteiger partial charge in [0.15, 0.2) is 11.5 Å². The summed E-state index contributed by atoms with van der Waals surface area (Å²) in [6.07, 6.45) is 0.651. The zero-order valence-corrected chi connectivity index (χ0v) is 11.0. The van der Waals surface area contributed by atoms with Crippen molar-refractivity contribution in [2.45, 2.75) is 20.0 Å². The first-order chi connectivity index (χ1) is 8.99. The molecular formula is C13H17NO5. The average molecular weight is 267 g/mol. The molecule has 0 unspecified atom stereocenters. The number of nitro benzene ring substituents is 1. The van der Waals surface area contributed by atoms with Crippen molar-refractivity contribution < 1.29 is 19.5 Å². The van der Waals surface area contributed by atoms with Gasteiger partial charge in [0.1, 0.15) is 0 Å². The zero-order chi connectivity index (χ0) is 14.4. The lowest BCUT2D eigenvalue weighted by Gasteiger charge is -2.12. The van der Waals surface area contributed by atoms with Crippen molar-refractivity contribution in [3.8, 4) is 11.5 Å². The molecule has 0 atom stereocenters. The number of hydrogen-bond donors (Lipinski definition) is 1. The SMILES string of the molecule is C=C(C)CCOc1cc([N+](=O)[O-])c(CO)cc1OC. The summed E-state index contributed by atoms with van der Waals surface area (Å²) >= 11 is 0. The Kier molecular flexibility index (Phi) is 5.32. The Hall–Kier alpha value is -2.08. The summed E-state index contributed by atoms with van der Waals surface area (Å²) in [5.74, 6) is 0.643. The molecule has 0 bridgehead atoms. The smallest absolute Gasteiger partial charge is 0.278 e. The molecule has 0 aliphatic carbocycles. The minimum atomic E-state index is -0.559. The molecule has 1 rings (SSSR count). The van der Waals surface area contributed by atoms with Crippen molar-refractivity contribution in [1.82, 2.24) is 0 Å². The van der Waals surface area contributed by atoms with Gasteiger partial charge < -0.3 is 14.6 Å². The second-order valence-corrected chi connectivity index (χ2v) is 4.10. The van der Waals surface area contributed by atoms with Crippen molar-refractivity contribution in [3.05, 3.63) is 40.0 Å². The molecule has 6 heteroatoms. The maximum atomic E-state index is 10.9. The number of methoxy groups -OCH3 is 1. The average Bonchev–Trinajstić information content (AvgIpc) is 2.37. The van der Waals surface area contributed by atoms with Crippen LogP contribution in [-0.2, 0) is 6.61 Å². The van der Waals surface area contributed by atoms with Gasteiger partial charge in [-0.3, -0.25) is 10.1 Å². The number of ether oxygens (including phenoxy) is 2. The van der Waals surface area contributed by atoms with E-state index in [0.29, 0.717) is 18.8 Å². The summed E-state index contributed by atoms with van der Waals surface area (Å²) in [6.45, 7) is 5.55. The number of aliphatic hydroxyl groups is 1. The van der Waals surface area contributed by atoms with E-state index in [1.165, 1.54) is 19.2 Å². The van der Waals surface area contributed by atoms with E-state index in [1.807, 2.05) is 6.92 Å². The van der Waals surface area contributed by atoms with Crippen LogP contribution in [0.5, 0.6) is 11.5 Å². The molecule has 0 saturated heterocycles. The Morgan fingerprint density at radius 2 is 2.16 bits per heavy atom. The fraction of sp³-hybridized carbons (Fsp3) is 0.385. The number of aliphatic hydroxyl groups excluding tert-OH is 1. The van der Waals surface area contributed by atoms with Crippen LogP contribution < -0.4 is 9.47 Å². The van der Waals surface area contributed by atoms with E-state index >= 15 is 0 Å². The third-order valence-electron chi connectivity index (χ3n) is 2.52. The lowest BCUT2D eigenvalue weighted by Crippen LogP contribution is -2.03. The predicted octanol–water partition coefficient (Wildman–Crippen LogP) is 2.44. The summed E-state index contributed by atoms with van der Waals surface area (Å²) < 4.78 is 10.6. The molecule has 0 radical (unpaired) electrons. The number of nitrogens with zero attached hydrogens (tertiary/aromatic N) is 1. The Morgan fingerprint density at radius 3 is 2.63 bits per heavy atom. The molecule has 1 aromatic carbocycles. The molecule has 0 spiro atoms. The van der Waals surface area contributed by atoms with Gasteiger partial charge in [-0.15, -0.1) is 6.58 Å². The first kappa shape index (κ1) is 15.0. The molecular weight excluding hydrogens is 250 g/mol. The van der Waals surface area contributed by atoms with E-state index in [9.17, 15) is 10.1 Å². The van der Waals surface area contributed by atoms with Crippen LogP contribution in [-0.4, -0.2) is 23.7 Å². The van der Waals surface area contributed by atoms with Crippen LogP contribution in [0.15, 0.2) is 24.3 Å². The van der Waals surface area contributed by atoms with Crippen molar-refractivity contribution in [3.63, 3.8) is 0 Å². The summed E-state index contributed by atoms with van der Waals surface area (Å²) in [6, 6.07) is 2.68. The Labute approximate surface area is 111 Å². The van der Waals surface area contributed by atoms with Crippen molar-refractivity contribution in [1.29, 1.82) is 0 Å². The van der Waals surface area contributed by atoms with Crippen LogP contribution in [0, 0.1) is 10.1 Å². The minimum Gasteiger partial charge on any atom is -0.493 e. The topological polar surface area (TPSA) is 81.8 Å². The Morgan fingerprint density at radius 1 is 1.47 bits per heavy atom. The van der Waals surface area contributed by atoms with E-state index in [2.05, 4.69) is 6.58 Å². The molecule has 1 N–H and O–H groups in total. The van der Waals surface area contributed by atoms with E-state index in [-0.39, 0.29) is 17.0 Å². The highest BCUT2D eigenvalue weighted by atomic mass is 16.6. The van der Waals surface area contributed by atoms with Crippen LogP contribution in [0.25, 0.3) is 0 Å². The third kappa shape index (κ3) is 3.96. The van der Waals surface area contributed by atoms with Crippen LogP contribution in [0.2, 0.25) is 0 Å². The molecule has 104 valence electrons. The fourth-order valence-corrected chi connectivity index (χ4v) is 1.50. The monoisotopic (exact) mass is 267 g/mol. The first-order valence-corrected chi connectivity index (χ1v) is 5.73. The second kappa shape index (κ2) is 6.75. The van der Waals surface area contributed by atoms with Gasteiger partial charge in [0, 0.05) is 6.42 Å². The minimum absolute atomic E-state index is 0.186. The lowest BCUT2D eigenvalue weighted by atomic mass is 10.1. The van der Waals surface area contributed by atoms with Gasteiger partial charge in [0.2, 0.25) is 0 Å². The van der Waals surface area contributed by atoms with Gasteiger partial charge in [-0.25, -0.2) is 0 Å². The highest BCUT2D eigenvalue weighted by molar-refractivity contribution is 5.54. The molecule has 19 heavy (non-hydrogen) atoms. The molecule has 0 amide bonds. The maximum Gasteiger partial charge on any atom is 0.278 e. The van der Waals surface area contributed by atoms with Crippen LogP contribution >= 0.6 is 0 Å². The molecule has 0 aliphatic rings. The number of rotatable bonds is 7. The molecule has 0 aliphatic heterocycles. The summed E-state index contributed by atoms with van der Waals surface area (Å²) in [7, 11) is 1.44. The van der Waals surface area contributed by atoms with Gasteiger partial charge in [-0.2, -0.15) is 0 Å². The molecule has 6 nitrogen and oxygen atoms in total. The summed E-state index contributed by atoms with van der Waals surface area (Å²) in [5.41, 5.74) is 0.961. The summed E-state index contributed by atoms with van der Waals surface area (Å²) in [5, 5.41) is 20.0. The number of hydrogen-bond acceptors (Lipinski definition) is 5. The lowest BCUT2D eigenvalue weighted by molar-refractivity contribution is -0.385.